The van der Waals surface area contributed by atoms with Crippen LogP contribution >= 0.6 is 23.4 Å². The molecule has 2 saturated heterocycles. The van der Waals surface area contributed by atoms with Crippen molar-refractivity contribution in [3.63, 3.8) is 0 Å². The zero-order chi connectivity index (χ0) is 53.4. The Balaban J connectivity index is 0.000000305. The maximum absolute atomic E-state index is 14.4. The molecule has 1 aromatic heterocycles. The number of aliphatic hydroxyl groups is 1. The first-order valence-corrected chi connectivity index (χ1v) is 26.3. The molecule has 3 heterocycles. The number of aliphatic hydroxyl groups excluding tert-OH is 1. The number of benzene rings is 3. The summed E-state index contributed by atoms with van der Waals surface area (Å²) < 4.78 is 55.8. The molecule has 0 unspecified atom stereocenters. The maximum Gasteiger partial charge on any atom is 1.00 e. The van der Waals surface area contributed by atoms with Crippen molar-refractivity contribution in [3.05, 3.63) is 116 Å². The number of hydrogen-bond acceptors (Lipinski definition) is 20. The van der Waals surface area contributed by atoms with Crippen LogP contribution in [0, 0.1) is 50.7 Å². The van der Waals surface area contributed by atoms with Gasteiger partial charge in [0.15, 0.2) is 11.6 Å². The summed E-state index contributed by atoms with van der Waals surface area (Å²) in [5.41, 5.74) is 9.27. The minimum Gasteiger partial charge on any atom is -0.857 e. The van der Waals surface area contributed by atoms with Gasteiger partial charge >= 0.3 is 29.6 Å². The molecule has 4 aliphatic rings. The van der Waals surface area contributed by atoms with E-state index in [2.05, 4.69) is 48.5 Å². The summed E-state index contributed by atoms with van der Waals surface area (Å²) in [6, 6.07) is 15.6. The number of thioether (sulfide) groups is 1. The van der Waals surface area contributed by atoms with Crippen molar-refractivity contribution in [1.82, 2.24) is 19.8 Å². The topological polar surface area (TPSA) is 268 Å². The van der Waals surface area contributed by atoms with Gasteiger partial charge in [-0.2, -0.15) is 32.3 Å². The number of halogens is 2. The molecule has 0 spiro atoms. The molecule has 400 valence electrons. The zero-order valence-electron chi connectivity index (χ0n) is 42.6. The van der Waals surface area contributed by atoms with Crippen molar-refractivity contribution < 1.29 is 76.1 Å². The number of anilines is 3. The normalized spacial score (nSPS) is 20.3. The molecular weight excluding hydrogens is 1030 g/mol. The third kappa shape index (κ3) is 16.7. The van der Waals surface area contributed by atoms with Crippen LogP contribution < -0.4 is 65.0 Å². The number of nitro benzene ring substituents is 2. The van der Waals surface area contributed by atoms with E-state index in [4.69, 9.17) is 41.2 Å². The first kappa shape index (κ1) is 61.9. The molecule has 4 N–H and O–H groups in total. The van der Waals surface area contributed by atoms with E-state index in [1.807, 2.05) is 25.7 Å². The number of ether oxygens (including phenoxy) is 2. The van der Waals surface area contributed by atoms with Crippen LogP contribution in [0.3, 0.4) is 0 Å². The molecule has 3 aromatic carbocycles. The number of nitrogens with zero attached hydrogens (tertiary/aromatic N) is 8. The molecule has 74 heavy (non-hydrogen) atoms. The number of likely N-dealkylation sites (N-methyl/N-ethyl adjacent to an activating group) is 2. The van der Waals surface area contributed by atoms with Crippen LogP contribution in [0.1, 0.15) is 18.4 Å². The van der Waals surface area contributed by atoms with Crippen LogP contribution in [0.25, 0.3) is 0 Å². The van der Waals surface area contributed by atoms with E-state index in [9.17, 15) is 33.0 Å². The molecule has 2 saturated carbocycles. The van der Waals surface area contributed by atoms with Crippen molar-refractivity contribution in [2.75, 3.05) is 121 Å². The van der Waals surface area contributed by atoms with Crippen LogP contribution in [0.5, 0.6) is 11.5 Å². The number of nitrogens with two attached hydrogens (primary N) is 1. The molecule has 4 aromatic rings. The summed E-state index contributed by atoms with van der Waals surface area (Å²) in [7, 11) is 1.98. The van der Waals surface area contributed by atoms with Crippen LogP contribution in [0.4, 0.5) is 33.0 Å². The molecular formula is C48H65ClFN10NaO11S2. The number of aromatic nitrogens is 2. The molecule has 5 atom stereocenters. The molecule has 0 radical (unpaired) electrons. The van der Waals surface area contributed by atoms with Crippen molar-refractivity contribution in [2.45, 2.75) is 36.0 Å². The van der Waals surface area contributed by atoms with Gasteiger partial charge in [0.1, 0.15) is 24.7 Å². The average Bonchev–Trinajstić information content (AvgIpc) is 3.96. The number of fused-ring (bicyclic) bond motifs is 2. The summed E-state index contributed by atoms with van der Waals surface area (Å²) in [4.78, 5) is 38.3. The quantitative estimate of drug-likeness (QED) is 0.0321. The fourth-order valence-corrected chi connectivity index (χ4v) is 11.7. The largest absolute Gasteiger partial charge is 1.00 e. The van der Waals surface area contributed by atoms with Crippen molar-refractivity contribution >= 4 is 62.0 Å². The standard InChI is InChI=1S/C26H33ClFN7O3S.C20H25N3O6S.CH4O.CH3O.Na/c1-15(29)23-16-11-18(24(23)31-25-19(28)14-30-26(27)32-25)22(12-16)39-10-9-38-21-13-17(35(36)37)3-4-20(21)34-7-5-33(2)6-8-34;1-16-3-6-18(7-4-16)30(26,27)29-14-13-28-20-15-17(23(24)25)5-8-19(20)22-11-9-21(2)10-12-22;2*1-2;/h3-4,13-14,16,18,22-24H,1,5-12,29H2,2H3,(H,30,31,32);3-8,15H,9-14H2,1-2H3;2H,1H3;1H3;/q;;;-1;+1/t16-,18+,22+,23-,24+;;;;/m0..../s1. The smallest absolute Gasteiger partial charge is 0.857 e. The molecule has 2 aliphatic carbocycles. The minimum atomic E-state index is -3.89. The first-order chi connectivity index (χ1) is 35.0. The predicted octanol–water partition coefficient (Wildman–Crippen LogP) is 2.05. The van der Waals surface area contributed by atoms with Gasteiger partial charge in [-0.05, 0) is 81.6 Å². The van der Waals surface area contributed by atoms with Gasteiger partial charge in [0.25, 0.3) is 21.5 Å². The summed E-state index contributed by atoms with van der Waals surface area (Å²) in [5, 5.41) is 41.4. The van der Waals surface area contributed by atoms with E-state index in [1.165, 1.54) is 36.4 Å². The van der Waals surface area contributed by atoms with Gasteiger partial charge in [-0.3, -0.25) is 24.4 Å². The number of nitrogens with one attached hydrogen (secondary N) is 1. The van der Waals surface area contributed by atoms with Gasteiger partial charge in [0, 0.05) is 100 Å². The number of non-ortho nitro benzene ring substituents is 2. The monoisotopic (exact) mass is 1100 g/mol. The van der Waals surface area contributed by atoms with Crippen molar-refractivity contribution in [2.24, 2.45) is 23.5 Å². The van der Waals surface area contributed by atoms with Crippen LogP contribution in [0.2, 0.25) is 5.28 Å². The van der Waals surface area contributed by atoms with Gasteiger partial charge in [0.05, 0.1) is 51.1 Å². The van der Waals surface area contributed by atoms with E-state index in [0.717, 1.165) is 103 Å². The van der Waals surface area contributed by atoms with E-state index in [-0.39, 0.29) is 88.0 Å². The second-order valence-corrected chi connectivity index (χ2v) is 20.9. The van der Waals surface area contributed by atoms with Crippen molar-refractivity contribution in [3.8, 4) is 11.5 Å². The fraction of sp³-hybridized carbons (Fsp3) is 0.500. The number of hydrogen-bond donors (Lipinski definition) is 3. The van der Waals surface area contributed by atoms with E-state index in [0.29, 0.717) is 40.7 Å². The molecule has 26 heteroatoms. The predicted molar refractivity (Wildman–Crippen MR) is 279 cm³/mol. The minimum absolute atomic E-state index is 0. The second kappa shape index (κ2) is 29.6. The van der Waals surface area contributed by atoms with E-state index in [1.54, 1.807) is 24.3 Å². The Bertz CT molecular complexity index is 2590. The van der Waals surface area contributed by atoms with Crippen molar-refractivity contribution in [1.29, 1.82) is 0 Å². The SMILES string of the molecule is C=C(N)[C@H]1[C@H]2C[C@@H]([C@H]1Nc1nc(Cl)ncc1F)[C@H](SCCOc1cc([N+](=O)[O-])ccc1N1CCN(C)CC1)C2.CO.C[O-].Cc1ccc(S(=O)(=O)OCCOc2cc([N+](=O)[O-])ccc2N2CCN(C)CC2)cc1.[Na+]. The Morgan fingerprint density at radius 1 is 0.865 bits per heavy atom. The summed E-state index contributed by atoms with van der Waals surface area (Å²) in [5.74, 6) is 1.73. The average molecular weight is 1100 g/mol. The van der Waals surface area contributed by atoms with Crippen LogP contribution in [-0.2, 0) is 14.3 Å². The Morgan fingerprint density at radius 2 is 1.38 bits per heavy atom. The summed E-state index contributed by atoms with van der Waals surface area (Å²) in [6.45, 7) is 12.8. The van der Waals surface area contributed by atoms with Crippen LogP contribution in [0.15, 0.2) is 84.0 Å². The van der Waals surface area contributed by atoms with E-state index < -0.39 is 25.8 Å². The van der Waals surface area contributed by atoms with Crippen LogP contribution in [-0.4, -0.2) is 161 Å². The Hall–Kier alpha value is -4.60. The number of aryl methyl sites for hydroxylation is 1. The second-order valence-electron chi connectivity index (χ2n) is 17.6. The van der Waals surface area contributed by atoms with Gasteiger partial charge < -0.3 is 50.3 Å². The zero-order valence-corrected chi connectivity index (χ0v) is 47.0. The fourth-order valence-electron chi connectivity index (χ4n) is 9.33. The van der Waals surface area contributed by atoms with E-state index >= 15 is 0 Å². The van der Waals surface area contributed by atoms with Gasteiger partial charge in [-0.1, -0.05) is 24.3 Å². The Kier molecular flexibility index (Phi) is 24.8. The first-order valence-electron chi connectivity index (χ1n) is 23.5. The third-order valence-electron chi connectivity index (χ3n) is 12.9. The molecule has 0 amide bonds. The molecule has 2 aliphatic heterocycles. The third-order valence-corrected chi connectivity index (χ3v) is 15.8. The Morgan fingerprint density at radius 3 is 1.88 bits per heavy atom. The maximum atomic E-state index is 14.4. The van der Waals surface area contributed by atoms with Gasteiger partial charge in [-0.15, -0.1) is 0 Å². The summed E-state index contributed by atoms with van der Waals surface area (Å²) in [6.07, 6.45) is 3.02. The molecule has 8 rings (SSSR count). The molecule has 21 nitrogen and oxygen atoms in total. The number of nitro groups is 2. The molecule has 2 bridgehead atoms. The number of rotatable bonds is 18. The number of piperazine rings is 2. The Labute approximate surface area is 463 Å². The summed E-state index contributed by atoms with van der Waals surface area (Å²) >= 11 is 7.72. The van der Waals surface area contributed by atoms with Gasteiger partial charge in [0.2, 0.25) is 5.28 Å². The van der Waals surface area contributed by atoms with Gasteiger partial charge in [-0.25, -0.2) is 9.37 Å². The molecule has 4 fully saturated rings.